The second-order valence-electron chi connectivity index (χ2n) is 6.20. The molecule has 1 N–H and O–H groups in total. The number of halogens is 3. The van der Waals surface area contributed by atoms with Gasteiger partial charge >= 0.3 is 6.18 Å². The first-order valence-electron chi connectivity index (χ1n) is 8.17. The molecule has 0 bridgehead atoms. The van der Waals surface area contributed by atoms with Crippen LogP contribution in [-0.4, -0.2) is 33.7 Å². The lowest BCUT2D eigenvalue weighted by atomic mass is 10.00. The normalized spacial score (nSPS) is 15.3. The number of allylic oxidation sites excluding steroid dienone is 1. The van der Waals surface area contributed by atoms with Crippen molar-refractivity contribution in [3.63, 3.8) is 0 Å². The summed E-state index contributed by atoms with van der Waals surface area (Å²) in [5.74, 6) is -0.570. The van der Waals surface area contributed by atoms with Crippen LogP contribution in [0, 0.1) is 0 Å². The van der Waals surface area contributed by atoms with E-state index in [4.69, 9.17) is 0 Å². The maximum absolute atomic E-state index is 12.9. The van der Waals surface area contributed by atoms with E-state index in [0.29, 0.717) is 10.8 Å². The van der Waals surface area contributed by atoms with Gasteiger partial charge in [-0.25, -0.2) is 8.42 Å². The van der Waals surface area contributed by atoms with Crippen molar-refractivity contribution in [2.75, 3.05) is 23.7 Å². The van der Waals surface area contributed by atoms with Crippen molar-refractivity contribution in [3.8, 4) is 0 Å². The predicted molar refractivity (Wildman–Crippen MR) is 93.2 cm³/mol. The lowest BCUT2D eigenvalue weighted by Crippen LogP contribution is -2.41. The van der Waals surface area contributed by atoms with Crippen LogP contribution >= 0.6 is 0 Å². The van der Waals surface area contributed by atoms with Crippen LogP contribution in [0.1, 0.15) is 31.2 Å². The fourth-order valence-corrected chi connectivity index (χ4v) is 3.55. The number of carbonyl (C=O) groups is 1. The van der Waals surface area contributed by atoms with E-state index in [0.717, 1.165) is 55.7 Å². The summed E-state index contributed by atoms with van der Waals surface area (Å²) in [5, 5.41) is 2.63. The molecule has 26 heavy (non-hydrogen) atoms. The standard InChI is InChI=1S/C17H21F3N2O3S/c1-26(24,25)22(15-9-5-8-14(10-15)17(18,19)20)12-16(23)21-11-13-6-3-2-4-7-13/h5-6,8-10H,2-4,7,11-12H2,1H3,(H,21,23). The van der Waals surface area contributed by atoms with Gasteiger partial charge in [-0.2, -0.15) is 13.2 Å². The summed E-state index contributed by atoms with van der Waals surface area (Å²) in [4.78, 5) is 12.1. The van der Waals surface area contributed by atoms with Crippen LogP contribution in [0.25, 0.3) is 0 Å². The zero-order valence-electron chi connectivity index (χ0n) is 14.3. The molecule has 1 aliphatic rings. The number of nitrogens with one attached hydrogen (secondary N) is 1. The lowest BCUT2D eigenvalue weighted by Gasteiger charge is -2.23. The van der Waals surface area contributed by atoms with Crippen LogP contribution in [0.15, 0.2) is 35.9 Å². The van der Waals surface area contributed by atoms with Crippen LogP contribution in [0.4, 0.5) is 18.9 Å². The second kappa shape index (κ2) is 8.11. The fourth-order valence-electron chi connectivity index (χ4n) is 2.70. The number of anilines is 1. The number of nitrogens with zero attached hydrogens (tertiary/aromatic N) is 1. The number of sulfonamides is 1. The van der Waals surface area contributed by atoms with E-state index in [-0.39, 0.29) is 5.69 Å². The zero-order chi connectivity index (χ0) is 19.4. The summed E-state index contributed by atoms with van der Waals surface area (Å²) >= 11 is 0. The van der Waals surface area contributed by atoms with Gasteiger partial charge in [0.1, 0.15) is 6.54 Å². The van der Waals surface area contributed by atoms with Crippen molar-refractivity contribution in [2.45, 2.75) is 31.9 Å². The smallest absolute Gasteiger partial charge is 0.351 e. The molecule has 0 saturated carbocycles. The average Bonchev–Trinajstić information content (AvgIpc) is 2.57. The molecule has 1 aliphatic carbocycles. The van der Waals surface area contributed by atoms with Gasteiger partial charge in [0, 0.05) is 6.54 Å². The van der Waals surface area contributed by atoms with Crippen LogP contribution < -0.4 is 9.62 Å². The van der Waals surface area contributed by atoms with Crippen LogP contribution in [0.3, 0.4) is 0 Å². The quantitative estimate of drug-likeness (QED) is 0.759. The predicted octanol–water partition coefficient (Wildman–Crippen LogP) is 3.09. The lowest BCUT2D eigenvalue weighted by molar-refractivity contribution is -0.137. The maximum Gasteiger partial charge on any atom is 0.416 e. The van der Waals surface area contributed by atoms with Gasteiger partial charge in [0.05, 0.1) is 17.5 Å². The summed E-state index contributed by atoms with van der Waals surface area (Å²) in [7, 11) is -3.93. The Bertz CT molecular complexity index is 789. The molecule has 0 radical (unpaired) electrons. The minimum Gasteiger partial charge on any atom is -0.351 e. The number of rotatable bonds is 6. The molecule has 0 unspecified atom stereocenters. The van der Waals surface area contributed by atoms with Gasteiger partial charge in [-0.1, -0.05) is 17.7 Å². The highest BCUT2D eigenvalue weighted by atomic mass is 32.2. The Morgan fingerprint density at radius 2 is 2.00 bits per heavy atom. The molecule has 0 saturated heterocycles. The van der Waals surface area contributed by atoms with Gasteiger partial charge in [0.25, 0.3) is 0 Å². The van der Waals surface area contributed by atoms with E-state index >= 15 is 0 Å². The Morgan fingerprint density at radius 3 is 2.58 bits per heavy atom. The Labute approximate surface area is 150 Å². The minimum absolute atomic E-state index is 0.200. The molecule has 1 aromatic carbocycles. The molecule has 0 aliphatic heterocycles. The summed E-state index contributed by atoms with van der Waals surface area (Å²) in [5.41, 5.74) is -0.0969. The highest BCUT2D eigenvalue weighted by Gasteiger charge is 2.32. The minimum atomic E-state index is -4.60. The highest BCUT2D eigenvalue weighted by Crippen LogP contribution is 2.32. The summed E-state index contributed by atoms with van der Waals surface area (Å²) in [6.07, 6.45) is 2.27. The van der Waals surface area contributed by atoms with Crippen molar-refractivity contribution in [2.24, 2.45) is 0 Å². The van der Waals surface area contributed by atoms with E-state index in [9.17, 15) is 26.4 Å². The van der Waals surface area contributed by atoms with Crippen LogP contribution in [0.5, 0.6) is 0 Å². The molecule has 2 rings (SSSR count). The monoisotopic (exact) mass is 390 g/mol. The first-order valence-corrected chi connectivity index (χ1v) is 10.0. The number of hydrogen-bond acceptors (Lipinski definition) is 3. The average molecular weight is 390 g/mol. The number of benzene rings is 1. The molecule has 5 nitrogen and oxygen atoms in total. The van der Waals surface area contributed by atoms with E-state index in [1.165, 1.54) is 6.07 Å². The van der Waals surface area contributed by atoms with Crippen molar-refractivity contribution in [1.82, 2.24) is 5.32 Å². The highest BCUT2D eigenvalue weighted by molar-refractivity contribution is 7.92. The third kappa shape index (κ3) is 5.76. The van der Waals surface area contributed by atoms with Crippen molar-refractivity contribution < 1.29 is 26.4 Å². The molecule has 0 fully saturated rings. The largest absolute Gasteiger partial charge is 0.416 e. The number of hydrogen-bond donors (Lipinski definition) is 1. The molecule has 144 valence electrons. The first-order chi connectivity index (χ1) is 12.1. The molecule has 0 heterocycles. The van der Waals surface area contributed by atoms with Crippen molar-refractivity contribution >= 4 is 21.6 Å². The van der Waals surface area contributed by atoms with E-state index < -0.39 is 34.2 Å². The number of amides is 1. The van der Waals surface area contributed by atoms with Crippen LogP contribution in [0.2, 0.25) is 0 Å². The van der Waals surface area contributed by atoms with Gasteiger partial charge in [-0.05, 0) is 43.9 Å². The molecule has 1 aromatic rings. The molecular formula is C17H21F3N2O3S. The van der Waals surface area contributed by atoms with Crippen molar-refractivity contribution in [1.29, 1.82) is 0 Å². The Hall–Kier alpha value is -2.03. The van der Waals surface area contributed by atoms with Gasteiger partial charge < -0.3 is 5.32 Å². The SMILES string of the molecule is CS(=O)(=O)N(CC(=O)NCC1=CCCCC1)c1cccc(C(F)(F)F)c1. The van der Waals surface area contributed by atoms with Crippen LogP contribution in [-0.2, 0) is 21.0 Å². The summed E-state index contributed by atoms with van der Waals surface area (Å²) in [6.45, 7) is -0.257. The van der Waals surface area contributed by atoms with E-state index in [1.54, 1.807) is 0 Å². The molecule has 0 aromatic heterocycles. The van der Waals surface area contributed by atoms with Gasteiger partial charge in [0.2, 0.25) is 15.9 Å². The zero-order valence-corrected chi connectivity index (χ0v) is 15.2. The number of carbonyl (C=O) groups excluding carboxylic acids is 1. The molecular weight excluding hydrogens is 369 g/mol. The molecule has 0 atom stereocenters. The fraction of sp³-hybridized carbons (Fsp3) is 0.471. The maximum atomic E-state index is 12.9. The van der Waals surface area contributed by atoms with Gasteiger partial charge in [0.15, 0.2) is 0 Å². The Kier molecular flexibility index (Phi) is 6.33. The van der Waals surface area contributed by atoms with E-state index in [2.05, 4.69) is 5.32 Å². The first kappa shape index (κ1) is 20.3. The third-order valence-corrected chi connectivity index (χ3v) is 5.19. The number of alkyl halides is 3. The molecule has 0 spiro atoms. The third-order valence-electron chi connectivity index (χ3n) is 4.05. The van der Waals surface area contributed by atoms with Gasteiger partial charge in [-0.15, -0.1) is 0 Å². The van der Waals surface area contributed by atoms with Gasteiger partial charge in [-0.3, -0.25) is 9.10 Å². The molecule has 1 amide bonds. The topological polar surface area (TPSA) is 66.5 Å². The molecule has 9 heteroatoms. The summed E-state index contributed by atoms with van der Waals surface area (Å²) in [6, 6.07) is 3.91. The Balaban J connectivity index is 2.13. The van der Waals surface area contributed by atoms with Crippen molar-refractivity contribution in [3.05, 3.63) is 41.5 Å². The Morgan fingerprint density at radius 1 is 1.27 bits per heavy atom. The second-order valence-corrected chi connectivity index (χ2v) is 8.11. The van der Waals surface area contributed by atoms with E-state index in [1.807, 2.05) is 6.08 Å². The summed E-state index contributed by atoms with van der Waals surface area (Å²) < 4.78 is 63.2.